The Morgan fingerprint density at radius 2 is 1.00 bits per heavy atom. The van der Waals surface area contributed by atoms with E-state index in [-0.39, 0.29) is 0 Å². The molecule has 0 amide bonds. The highest BCUT2D eigenvalue weighted by molar-refractivity contribution is 7.74. The molecule has 0 rings (SSSR count). The second-order valence-electron chi connectivity index (χ2n) is 8.74. The van der Waals surface area contributed by atoms with Gasteiger partial charge in [-0.15, -0.1) is 0 Å². The number of rotatable bonds is 18. The zero-order chi connectivity index (χ0) is 27.8. The minimum Gasteiger partial charge on any atom is -0.578 e. The van der Waals surface area contributed by atoms with E-state index in [0.717, 1.165) is 0 Å². The summed E-state index contributed by atoms with van der Waals surface area (Å²) in [6.45, 7) is 8.70. The largest absolute Gasteiger partial charge is 0.578 e. The summed E-state index contributed by atoms with van der Waals surface area (Å²) in [6, 6.07) is 0.983. The van der Waals surface area contributed by atoms with E-state index in [9.17, 15) is 35.7 Å². The average Bonchev–Trinajstić information content (AvgIpc) is 2.79. The third kappa shape index (κ3) is 11.9. The van der Waals surface area contributed by atoms with Crippen molar-refractivity contribution in [3.63, 3.8) is 0 Å². The molecule has 0 aromatic carbocycles. The van der Waals surface area contributed by atoms with Gasteiger partial charge in [0.15, 0.2) is 8.32 Å². The lowest BCUT2D eigenvalue weighted by molar-refractivity contribution is 0.125. The Hall–Kier alpha value is 0.643. The maximum Gasteiger partial charge on any atom is 0.532 e. The highest BCUT2D eigenvalue weighted by Gasteiger charge is 2.50. The van der Waals surface area contributed by atoms with Crippen LogP contribution in [-0.2, 0) is 57.2 Å². The van der Waals surface area contributed by atoms with Crippen LogP contribution in [0.3, 0.4) is 0 Å². The molecule has 0 saturated carbocycles. The fraction of sp³-hybridized carbons (Fsp3) is 1.00. The lowest BCUT2D eigenvalue weighted by Crippen LogP contribution is -2.53. The fourth-order valence-corrected chi connectivity index (χ4v) is 97.7. The van der Waals surface area contributed by atoms with Crippen LogP contribution in [0.25, 0.3) is 0 Å². The quantitative estimate of drug-likeness (QED) is 0.143. The molecule has 35 heavy (non-hydrogen) atoms. The Kier molecular flexibility index (Phi) is 15.6. The van der Waals surface area contributed by atoms with Crippen molar-refractivity contribution in [2.75, 3.05) is 21.3 Å². The van der Waals surface area contributed by atoms with E-state index in [0.29, 0.717) is 12.1 Å². The third-order valence-electron chi connectivity index (χ3n) is 4.43. The molecule has 0 saturated heterocycles. The summed E-state index contributed by atoms with van der Waals surface area (Å²) in [7, 11) is -32.7. The first-order valence-electron chi connectivity index (χ1n) is 10.2. The van der Waals surface area contributed by atoms with E-state index >= 15 is 0 Å². The van der Waals surface area contributed by atoms with Gasteiger partial charge in [0.25, 0.3) is 0 Å². The van der Waals surface area contributed by atoms with Crippen LogP contribution in [0.15, 0.2) is 0 Å². The molecule has 0 aromatic heterocycles. The van der Waals surface area contributed by atoms with Crippen molar-refractivity contribution in [1.82, 2.24) is 0 Å². The zero-order valence-corrected chi connectivity index (χ0v) is 33.3. The molecular formula is C10H30O13Si12. The second-order valence-corrected chi connectivity index (χ2v) is 60.9. The van der Waals surface area contributed by atoms with E-state index in [2.05, 4.69) is 0 Å². The van der Waals surface area contributed by atoms with Gasteiger partial charge in [0.1, 0.15) is 0 Å². The molecule has 25 heteroatoms. The van der Waals surface area contributed by atoms with Crippen LogP contribution in [0.5, 0.6) is 0 Å². The summed E-state index contributed by atoms with van der Waals surface area (Å²) in [5.74, 6) is 0. The van der Waals surface area contributed by atoms with Gasteiger partial charge >= 0.3 is 71.3 Å². The van der Waals surface area contributed by atoms with Gasteiger partial charge < -0.3 is 57.2 Å². The number of hydrogen-bond acceptors (Lipinski definition) is 13. The molecule has 0 atom stereocenters. The van der Waals surface area contributed by atoms with Crippen molar-refractivity contribution in [3.05, 3.63) is 0 Å². The Labute approximate surface area is 219 Å². The summed E-state index contributed by atoms with van der Waals surface area (Å²) < 4.78 is 126. The van der Waals surface area contributed by atoms with E-state index in [1.54, 1.807) is 19.6 Å². The molecule has 13 nitrogen and oxygen atoms in total. The SMILES string of the molecule is CO[Si](CC[Si](C)(C)O[SiH2][Si](=O)[Si](=O)[Si](=O)[Si](=O)[Si](=O)[Si](=O)[Si](=O)[Si](=O)O[Si](C)(C)C)(OC)OC. The normalized spacial score (nSPS) is 12.3. The van der Waals surface area contributed by atoms with Gasteiger partial charge in [0.05, 0.1) is 0 Å². The second kappa shape index (κ2) is 15.3. The summed E-state index contributed by atoms with van der Waals surface area (Å²) in [5, 5.41) is 0. The molecule has 0 aromatic rings. The minimum atomic E-state index is -3.68. The summed E-state index contributed by atoms with van der Waals surface area (Å²) in [4.78, 5) is 0. The monoisotopic (exact) mass is 694 g/mol. The zero-order valence-electron chi connectivity index (χ0n) is 20.9. The molecule has 0 radical (unpaired) electrons. The van der Waals surface area contributed by atoms with Crippen LogP contribution < -0.4 is 0 Å². The van der Waals surface area contributed by atoms with Crippen molar-refractivity contribution in [3.8, 4) is 0 Å². The van der Waals surface area contributed by atoms with Crippen molar-refractivity contribution in [1.29, 1.82) is 0 Å². The third-order valence-corrected chi connectivity index (χ3v) is 74.4. The minimum absolute atomic E-state index is 0.449. The van der Waals surface area contributed by atoms with Crippen LogP contribution in [0.1, 0.15) is 0 Å². The molecule has 0 unspecified atom stereocenters. The van der Waals surface area contributed by atoms with Gasteiger partial charge in [0, 0.05) is 27.4 Å². The maximum absolute atomic E-state index is 12.5. The van der Waals surface area contributed by atoms with Crippen molar-refractivity contribution in [2.24, 2.45) is 0 Å². The van der Waals surface area contributed by atoms with Gasteiger partial charge in [-0.1, -0.05) is 0 Å². The molecule has 0 heterocycles. The molecule has 196 valence electrons. The van der Waals surface area contributed by atoms with Crippen molar-refractivity contribution < 1.29 is 57.2 Å². The molecule has 0 aliphatic rings. The predicted molar refractivity (Wildman–Crippen MR) is 139 cm³/mol. The fourth-order valence-electron chi connectivity index (χ4n) is 2.37. The predicted octanol–water partition coefficient (Wildman–Crippen LogP) is -2.06. The average molecular weight is 695 g/mol. The van der Waals surface area contributed by atoms with Gasteiger partial charge in [0.2, 0.25) is 17.6 Å². The van der Waals surface area contributed by atoms with Crippen LogP contribution in [0.4, 0.5) is 0 Å². The van der Waals surface area contributed by atoms with Crippen LogP contribution in [-0.4, -0.2) is 119 Å². The molecule has 0 aliphatic carbocycles. The first-order valence-corrected chi connectivity index (χ1v) is 39.7. The molecule has 0 bridgehead atoms. The molecule has 0 N–H and O–H groups in total. The molecule has 0 fully saturated rings. The Balaban J connectivity index is 5.09. The van der Waals surface area contributed by atoms with E-state index < -0.39 is 97.2 Å². The summed E-state index contributed by atoms with van der Waals surface area (Å²) in [6.07, 6.45) is 0. The van der Waals surface area contributed by atoms with Crippen LogP contribution >= 0.6 is 0 Å². The first-order chi connectivity index (χ1) is 15.9. The van der Waals surface area contributed by atoms with Crippen molar-refractivity contribution >= 4 is 97.2 Å². The summed E-state index contributed by atoms with van der Waals surface area (Å²) in [5.41, 5.74) is 0. The van der Waals surface area contributed by atoms with Gasteiger partial charge in [-0.3, -0.25) is 0 Å². The first kappa shape index (κ1) is 35.6. The Bertz CT molecular complexity index is 914. The highest BCUT2D eigenvalue weighted by atomic mass is 30.0. The van der Waals surface area contributed by atoms with Gasteiger partial charge in [-0.2, -0.15) is 0 Å². The molecular weight excluding hydrogens is 665 g/mol. The van der Waals surface area contributed by atoms with E-state index in [1.807, 2.05) is 13.1 Å². The van der Waals surface area contributed by atoms with Crippen LogP contribution in [0, 0.1) is 0 Å². The van der Waals surface area contributed by atoms with Crippen LogP contribution in [0.2, 0.25) is 44.8 Å². The molecule has 0 aliphatic heterocycles. The summed E-state index contributed by atoms with van der Waals surface area (Å²) >= 11 is 0. The standard InChI is InChI=1S/C10H30O13Si12/c1-19-35(20-2,21-3)10-9-34(7,8)22-24-26(12)28(14)30(16)32(18)31(17)29(15)27(13)25(11)23-33(4,5)6/h9-10,24H2,1-8H3. The smallest absolute Gasteiger partial charge is 0.532 e. The molecule has 0 spiro atoms. The van der Waals surface area contributed by atoms with Gasteiger partial charge in [-0.25, -0.2) is 0 Å². The van der Waals surface area contributed by atoms with E-state index in [1.165, 1.54) is 21.3 Å². The van der Waals surface area contributed by atoms with E-state index in [4.69, 9.17) is 21.5 Å². The van der Waals surface area contributed by atoms with Gasteiger partial charge in [-0.05, 0) is 38.8 Å². The highest BCUT2D eigenvalue weighted by Crippen LogP contribution is 2.22. The topological polar surface area (TPSA) is 183 Å². The van der Waals surface area contributed by atoms with Crippen molar-refractivity contribution in [2.45, 2.75) is 44.8 Å². The maximum atomic E-state index is 12.5. The Morgan fingerprint density at radius 3 is 1.40 bits per heavy atom. The lowest BCUT2D eigenvalue weighted by atomic mass is 10.9. The Morgan fingerprint density at radius 1 is 0.600 bits per heavy atom. The number of hydrogen-bond donors (Lipinski definition) is 0. The lowest BCUT2D eigenvalue weighted by Gasteiger charge is -2.29.